The first kappa shape index (κ1) is 15.6. The Balaban J connectivity index is 1.59. The van der Waals surface area contributed by atoms with E-state index in [1.165, 1.54) is 12.1 Å². The van der Waals surface area contributed by atoms with Crippen LogP contribution in [-0.4, -0.2) is 11.0 Å². The van der Waals surface area contributed by atoms with Gasteiger partial charge in [0.05, 0.1) is 6.61 Å². The Kier molecular flexibility index (Phi) is 4.39. The second-order valence-electron chi connectivity index (χ2n) is 5.79. The van der Waals surface area contributed by atoms with Crippen LogP contribution in [0.4, 0.5) is 8.78 Å². The maximum absolute atomic E-state index is 13.7. The zero-order chi connectivity index (χ0) is 16.4. The Labute approximate surface area is 133 Å². The van der Waals surface area contributed by atoms with Crippen LogP contribution in [0.3, 0.4) is 0 Å². The molecule has 2 aromatic carbocycles. The van der Waals surface area contributed by atoms with E-state index in [1.807, 2.05) is 18.2 Å². The number of nitrogens with one attached hydrogen (secondary N) is 1. The monoisotopic (exact) mass is 317 g/mol. The fourth-order valence-corrected chi connectivity index (χ4v) is 2.79. The average Bonchev–Trinajstić information content (AvgIpc) is 3.36. The summed E-state index contributed by atoms with van der Waals surface area (Å²) >= 11 is 0. The van der Waals surface area contributed by atoms with Gasteiger partial charge in [-0.25, -0.2) is 8.78 Å². The molecule has 0 spiro atoms. The molecular weight excluding hydrogens is 300 g/mol. The Bertz CT molecular complexity index is 733. The maximum Gasteiger partial charge on any atom is 0.224 e. The first-order chi connectivity index (χ1) is 11.1. The molecule has 0 saturated heterocycles. The van der Waals surface area contributed by atoms with Gasteiger partial charge in [0.2, 0.25) is 5.91 Å². The van der Waals surface area contributed by atoms with Crippen molar-refractivity contribution in [1.29, 1.82) is 0 Å². The smallest absolute Gasteiger partial charge is 0.224 e. The number of hydrogen-bond acceptors (Lipinski definition) is 2. The molecule has 0 aliphatic heterocycles. The van der Waals surface area contributed by atoms with E-state index in [9.17, 15) is 13.6 Å². The first-order valence-electron chi connectivity index (χ1n) is 7.50. The third-order valence-electron chi connectivity index (χ3n) is 4.15. The molecule has 1 aliphatic rings. The lowest BCUT2D eigenvalue weighted by Gasteiger charge is -2.07. The highest BCUT2D eigenvalue weighted by molar-refractivity contribution is 5.82. The van der Waals surface area contributed by atoms with Crippen molar-refractivity contribution in [3.8, 4) is 0 Å². The molecule has 1 aliphatic carbocycles. The highest BCUT2D eigenvalue weighted by Crippen LogP contribution is 2.48. The quantitative estimate of drug-likeness (QED) is 0.891. The summed E-state index contributed by atoms with van der Waals surface area (Å²) in [7, 11) is 0. The minimum atomic E-state index is -0.880. The number of aliphatic hydroxyl groups is 1. The molecule has 1 amide bonds. The molecule has 3 nitrogen and oxygen atoms in total. The third kappa shape index (κ3) is 3.40. The summed E-state index contributed by atoms with van der Waals surface area (Å²) in [6.45, 7) is 0.298. The number of rotatable bonds is 5. The molecule has 23 heavy (non-hydrogen) atoms. The first-order valence-corrected chi connectivity index (χ1v) is 7.50. The molecule has 0 heterocycles. The van der Waals surface area contributed by atoms with Gasteiger partial charge in [-0.2, -0.15) is 0 Å². The van der Waals surface area contributed by atoms with Gasteiger partial charge in [0.1, 0.15) is 0 Å². The summed E-state index contributed by atoms with van der Waals surface area (Å²) in [4.78, 5) is 12.1. The number of halogens is 2. The van der Waals surface area contributed by atoms with Crippen LogP contribution < -0.4 is 5.32 Å². The molecule has 1 saturated carbocycles. The standard InChI is InChI=1S/C18H17F2NO2/c19-16-6-2-5-13(17(16)20)14-8-15(14)18(23)21-9-11-3-1-4-12(7-11)10-22/h1-7,14-15,22H,8-10H2,(H,21,23). The van der Waals surface area contributed by atoms with Gasteiger partial charge in [0, 0.05) is 12.5 Å². The Morgan fingerprint density at radius 2 is 1.91 bits per heavy atom. The second-order valence-corrected chi connectivity index (χ2v) is 5.79. The number of hydrogen-bond donors (Lipinski definition) is 2. The van der Waals surface area contributed by atoms with Gasteiger partial charge < -0.3 is 10.4 Å². The van der Waals surface area contributed by atoms with Crippen molar-refractivity contribution in [2.24, 2.45) is 5.92 Å². The number of amides is 1. The van der Waals surface area contributed by atoms with E-state index in [0.29, 0.717) is 13.0 Å². The molecule has 2 N–H and O–H groups in total. The Morgan fingerprint density at radius 3 is 2.70 bits per heavy atom. The molecule has 0 aromatic heterocycles. The van der Waals surface area contributed by atoms with E-state index >= 15 is 0 Å². The lowest BCUT2D eigenvalue weighted by molar-refractivity contribution is -0.122. The molecule has 2 aromatic rings. The molecule has 120 valence electrons. The minimum absolute atomic E-state index is 0.0503. The van der Waals surface area contributed by atoms with Gasteiger partial charge in [-0.15, -0.1) is 0 Å². The van der Waals surface area contributed by atoms with Gasteiger partial charge in [0.25, 0.3) is 0 Å². The Morgan fingerprint density at radius 1 is 1.17 bits per heavy atom. The summed E-state index contributed by atoms with van der Waals surface area (Å²) in [5.74, 6) is -2.47. The summed E-state index contributed by atoms with van der Waals surface area (Å²) in [5.41, 5.74) is 1.94. The Hall–Kier alpha value is -2.27. The second kappa shape index (κ2) is 6.46. The van der Waals surface area contributed by atoms with Crippen LogP contribution in [0.25, 0.3) is 0 Å². The molecule has 3 rings (SSSR count). The largest absolute Gasteiger partial charge is 0.392 e. The van der Waals surface area contributed by atoms with Crippen molar-refractivity contribution in [2.75, 3.05) is 0 Å². The minimum Gasteiger partial charge on any atom is -0.392 e. The van der Waals surface area contributed by atoms with Crippen LogP contribution >= 0.6 is 0 Å². The summed E-state index contributed by atoms with van der Waals surface area (Å²) in [5, 5.41) is 11.9. The number of carbonyl (C=O) groups is 1. The lowest BCUT2D eigenvalue weighted by atomic mass is 10.1. The van der Waals surface area contributed by atoms with Crippen LogP contribution in [0.2, 0.25) is 0 Å². The van der Waals surface area contributed by atoms with Gasteiger partial charge in [-0.05, 0) is 35.1 Å². The van der Waals surface area contributed by atoms with Crippen LogP contribution in [-0.2, 0) is 17.9 Å². The highest BCUT2D eigenvalue weighted by atomic mass is 19.2. The van der Waals surface area contributed by atoms with Gasteiger partial charge >= 0.3 is 0 Å². The predicted octanol–water partition coefficient (Wildman–Crippen LogP) is 2.88. The summed E-state index contributed by atoms with van der Waals surface area (Å²) < 4.78 is 27.0. The molecule has 2 atom stereocenters. The maximum atomic E-state index is 13.7. The fraction of sp³-hybridized carbons (Fsp3) is 0.278. The van der Waals surface area contributed by atoms with E-state index in [0.717, 1.165) is 17.2 Å². The van der Waals surface area contributed by atoms with E-state index in [-0.39, 0.29) is 29.9 Å². The van der Waals surface area contributed by atoms with Crippen LogP contribution in [0.5, 0.6) is 0 Å². The predicted molar refractivity (Wildman–Crippen MR) is 81.4 cm³/mol. The van der Waals surface area contributed by atoms with Crippen molar-refractivity contribution in [1.82, 2.24) is 5.32 Å². The molecule has 2 unspecified atom stereocenters. The highest BCUT2D eigenvalue weighted by Gasteiger charge is 2.45. The van der Waals surface area contributed by atoms with Crippen molar-refractivity contribution in [2.45, 2.75) is 25.5 Å². The van der Waals surface area contributed by atoms with Crippen molar-refractivity contribution >= 4 is 5.91 Å². The van der Waals surface area contributed by atoms with Crippen molar-refractivity contribution in [3.63, 3.8) is 0 Å². The van der Waals surface area contributed by atoms with Gasteiger partial charge in [-0.1, -0.05) is 36.4 Å². The lowest BCUT2D eigenvalue weighted by Crippen LogP contribution is -2.25. The number of carbonyl (C=O) groups excluding carboxylic acids is 1. The zero-order valence-electron chi connectivity index (χ0n) is 12.4. The summed E-state index contributed by atoms with van der Waals surface area (Å²) in [6, 6.07) is 11.4. The van der Waals surface area contributed by atoms with Crippen molar-refractivity contribution < 1.29 is 18.7 Å². The molecular formula is C18H17F2NO2. The van der Waals surface area contributed by atoms with Gasteiger partial charge in [0.15, 0.2) is 11.6 Å². The topological polar surface area (TPSA) is 49.3 Å². The molecule has 0 bridgehead atoms. The molecule has 1 fully saturated rings. The number of aliphatic hydroxyl groups excluding tert-OH is 1. The fourth-order valence-electron chi connectivity index (χ4n) is 2.79. The third-order valence-corrected chi connectivity index (χ3v) is 4.15. The molecule has 5 heteroatoms. The number of benzene rings is 2. The van der Waals surface area contributed by atoms with Crippen LogP contribution in [0, 0.1) is 17.6 Å². The van der Waals surface area contributed by atoms with E-state index in [2.05, 4.69) is 5.32 Å². The van der Waals surface area contributed by atoms with Crippen molar-refractivity contribution in [3.05, 3.63) is 70.8 Å². The molecule has 0 radical (unpaired) electrons. The summed E-state index contributed by atoms with van der Waals surface area (Å²) in [6.07, 6.45) is 0.531. The average molecular weight is 317 g/mol. The van der Waals surface area contributed by atoms with E-state index in [4.69, 9.17) is 5.11 Å². The van der Waals surface area contributed by atoms with Crippen LogP contribution in [0.1, 0.15) is 29.0 Å². The van der Waals surface area contributed by atoms with E-state index in [1.54, 1.807) is 6.07 Å². The normalized spacial score (nSPS) is 19.4. The SMILES string of the molecule is O=C(NCc1cccc(CO)c1)C1CC1c1cccc(F)c1F. The van der Waals surface area contributed by atoms with Crippen LogP contribution in [0.15, 0.2) is 42.5 Å². The van der Waals surface area contributed by atoms with Gasteiger partial charge in [-0.3, -0.25) is 4.79 Å². The van der Waals surface area contributed by atoms with E-state index < -0.39 is 11.6 Å². The zero-order valence-corrected chi connectivity index (χ0v) is 12.4.